The van der Waals surface area contributed by atoms with Gasteiger partial charge in [-0.1, -0.05) is 51.1 Å². The van der Waals surface area contributed by atoms with Crippen molar-refractivity contribution in [2.45, 2.75) is 51.4 Å². The number of carbonyl (C=O) groups excluding carboxylic acids is 1. The summed E-state index contributed by atoms with van der Waals surface area (Å²) in [6, 6.07) is 9.88. The minimum absolute atomic E-state index is 0.0124. The van der Waals surface area contributed by atoms with E-state index >= 15 is 4.39 Å². The number of halogens is 1. The zero-order valence-electron chi connectivity index (χ0n) is 14.7. The number of azo groups is 1. The molecule has 1 aromatic rings. The Balaban J connectivity index is 2.03. The normalized spacial score (nSPS) is 32.8. The highest BCUT2D eigenvalue weighted by atomic mass is 19.1. The van der Waals surface area contributed by atoms with Gasteiger partial charge in [-0.3, -0.25) is 4.79 Å². The molecule has 0 saturated heterocycles. The number of nitrogens with zero attached hydrogens (tertiary/aromatic N) is 2. The van der Waals surface area contributed by atoms with Gasteiger partial charge in [-0.25, -0.2) is 4.39 Å². The maximum Gasteiger partial charge on any atom is 0.164 e. The van der Waals surface area contributed by atoms with Crippen LogP contribution in [0.2, 0.25) is 0 Å². The largest absolute Gasteiger partial charge is 0.359 e. The van der Waals surface area contributed by atoms with Gasteiger partial charge in [0.1, 0.15) is 6.17 Å². The number of hydrogen-bond donors (Lipinski definition) is 1. The Bertz CT molecular complexity index is 825. The van der Waals surface area contributed by atoms with Crippen molar-refractivity contribution in [2.24, 2.45) is 15.6 Å². The molecule has 130 valence electrons. The number of ketones is 1. The first-order valence-electron chi connectivity index (χ1n) is 8.76. The molecule has 3 atom stereocenters. The Morgan fingerprint density at radius 3 is 2.68 bits per heavy atom. The molecule has 4 nitrogen and oxygen atoms in total. The van der Waals surface area contributed by atoms with E-state index in [9.17, 15) is 4.79 Å². The van der Waals surface area contributed by atoms with Gasteiger partial charge in [0.25, 0.3) is 0 Å². The summed E-state index contributed by atoms with van der Waals surface area (Å²) in [7, 11) is 0. The first-order valence-corrected chi connectivity index (χ1v) is 8.76. The standard InChI is InChI=1S/C20H22FN3O/c1-4-20(12-8-6-5-7-9-12)13-11-22-24-18(13)23-16-15(20)14(25)10-19(2,3)17(16)21/h5-9,11,17-18,23H,4,10H2,1-3H3/t17-,18?,20+/m0/s1. The van der Waals surface area contributed by atoms with Gasteiger partial charge in [0.05, 0.1) is 17.3 Å². The molecule has 25 heavy (non-hydrogen) atoms. The van der Waals surface area contributed by atoms with Crippen LogP contribution in [0.3, 0.4) is 0 Å². The minimum Gasteiger partial charge on any atom is -0.359 e. The number of allylic oxidation sites excluding steroid dienone is 2. The number of rotatable bonds is 2. The fraction of sp³-hybridized carbons (Fsp3) is 0.450. The minimum atomic E-state index is -1.23. The lowest BCUT2D eigenvalue weighted by molar-refractivity contribution is -0.120. The van der Waals surface area contributed by atoms with Gasteiger partial charge in [0.15, 0.2) is 11.9 Å². The molecule has 0 fully saturated rings. The summed E-state index contributed by atoms with van der Waals surface area (Å²) in [5.41, 5.74) is 1.48. The van der Waals surface area contributed by atoms with Gasteiger partial charge >= 0.3 is 0 Å². The van der Waals surface area contributed by atoms with E-state index in [1.165, 1.54) is 0 Å². The smallest absolute Gasteiger partial charge is 0.164 e. The van der Waals surface area contributed by atoms with Crippen LogP contribution in [0.5, 0.6) is 0 Å². The Morgan fingerprint density at radius 1 is 1.28 bits per heavy atom. The summed E-state index contributed by atoms with van der Waals surface area (Å²) in [6.07, 6.45) is 0.961. The fourth-order valence-corrected chi connectivity index (χ4v) is 4.53. The molecule has 1 aliphatic carbocycles. The molecule has 1 N–H and O–H groups in total. The van der Waals surface area contributed by atoms with Crippen molar-refractivity contribution in [3.8, 4) is 0 Å². The number of nitrogens with one attached hydrogen (secondary N) is 1. The van der Waals surface area contributed by atoms with Crippen LogP contribution in [0.25, 0.3) is 0 Å². The highest BCUT2D eigenvalue weighted by molar-refractivity contribution is 6.01. The molecule has 3 aliphatic rings. The van der Waals surface area contributed by atoms with Crippen LogP contribution in [0.4, 0.5) is 4.39 Å². The molecule has 0 radical (unpaired) electrons. The summed E-state index contributed by atoms with van der Waals surface area (Å²) in [5.74, 6) is 0.0124. The molecule has 4 rings (SSSR count). The lowest BCUT2D eigenvalue weighted by Gasteiger charge is -2.48. The molecule has 2 heterocycles. The molecule has 5 heteroatoms. The Labute approximate surface area is 146 Å². The van der Waals surface area contributed by atoms with Crippen molar-refractivity contribution >= 4 is 5.78 Å². The zero-order valence-corrected chi connectivity index (χ0v) is 14.7. The summed E-state index contributed by atoms with van der Waals surface area (Å²) in [4.78, 5) is 13.2. The van der Waals surface area contributed by atoms with Gasteiger partial charge in [-0.2, -0.15) is 10.2 Å². The third-order valence-corrected chi connectivity index (χ3v) is 5.79. The summed E-state index contributed by atoms with van der Waals surface area (Å²) in [6.45, 7) is 5.65. The van der Waals surface area contributed by atoms with Crippen LogP contribution >= 0.6 is 0 Å². The molecule has 2 aliphatic heterocycles. The lowest BCUT2D eigenvalue weighted by Crippen LogP contribution is -2.55. The monoisotopic (exact) mass is 339 g/mol. The highest BCUT2D eigenvalue weighted by Gasteiger charge is 2.55. The average molecular weight is 339 g/mol. The fourth-order valence-electron chi connectivity index (χ4n) is 4.53. The van der Waals surface area contributed by atoms with Crippen molar-refractivity contribution in [2.75, 3.05) is 0 Å². The second kappa shape index (κ2) is 5.35. The molecular weight excluding hydrogens is 317 g/mol. The topological polar surface area (TPSA) is 53.8 Å². The van der Waals surface area contributed by atoms with E-state index in [-0.39, 0.29) is 12.2 Å². The van der Waals surface area contributed by atoms with Crippen molar-refractivity contribution in [3.05, 3.63) is 58.9 Å². The van der Waals surface area contributed by atoms with Crippen LogP contribution in [-0.4, -0.2) is 18.1 Å². The molecule has 0 bridgehead atoms. The third-order valence-electron chi connectivity index (χ3n) is 5.79. The molecular formula is C20H22FN3O. The van der Waals surface area contributed by atoms with Crippen molar-refractivity contribution < 1.29 is 9.18 Å². The van der Waals surface area contributed by atoms with Crippen molar-refractivity contribution in [1.82, 2.24) is 5.32 Å². The third kappa shape index (κ3) is 2.08. The molecule has 1 unspecified atom stereocenters. The molecule has 1 aromatic carbocycles. The van der Waals surface area contributed by atoms with E-state index < -0.39 is 23.2 Å². The first-order chi connectivity index (χ1) is 11.9. The van der Waals surface area contributed by atoms with E-state index in [0.717, 1.165) is 11.1 Å². The number of fused-ring (bicyclic) bond motifs is 1. The summed E-state index contributed by atoms with van der Waals surface area (Å²) in [5, 5.41) is 11.5. The van der Waals surface area contributed by atoms with Crippen LogP contribution in [0.15, 0.2) is 63.6 Å². The molecule has 0 spiro atoms. The summed E-state index contributed by atoms with van der Waals surface area (Å²) >= 11 is 0. The van der Waals surface area contributed by atoms with Gasteiger partial charge < -0.3 is 5.32 Å². The maximum atomic E-state index is 15.4. The second-order valence-corrected chi connectivity index (χ2v) is 7.73. The maximum absolute atomic E-state index is 15.4. The number of carbonyl (C=O) groups is 1. The van der Waals surface area contributed by atoms with Crippen LogP contribution in [-0.2, 0) is 10.2 Å². The SMILES string of the molecule is CC[C@@]1(c2ccccc2)C2=CN=NC2NC2=C1C(=O)CC(C)(C)[C@H]2F. The van der Waals surface area contributed by atoms with Crippen LogP contribution in [0.1, 0.15) is 39.2 Å². The Hall–Kier alpha value is -2.30. The van der Waals surface area contributed by atoms with Gasteiger partial charge in [-0.05, 0) is 12.0 Å². The van der Waals surface area contributed by atoms with E-state index in [4.69, 9.17) is 0 Å². The quantitative estimate of drug-likeness (QED) is 0.878. The molecule has 0 aromatic heterocycles. The van der Waals surface area contributed by atoms with E-state index in [0.29, 0.717) is 17.7 Å². The number of alkyl halides is 1. The van der Waals surface area contributed by atoms with E-state index in [1.807, 2.05) is 37.3 Å². The van der Waals surface area contributed by atoms with E-state index in [2.05, 4.69) is 15.5 Å². The predicted molar refractivity (Wildman–Crippen MR) is 93.6 cm³/mol. The zero-order chi connectivity index (χ0) is 17.8. The Kier molecular flexibility index (Phi) is 3.46. The predicted octanol–water partition coefficient (Wildman–Crippen LogP) is 4.20. The van der Waals surface area contributed by atoms with Crippen molar-refractivity contribution in [3.63, 3.8) is 0 Å². The molecule has 0 saturated carbocycles. The summed E-state index contributed by atoms with van der Waals surface area (Å²) < 4.78 is 15.4. The molecule has 0 amide bonds. The number of hydrogen-bond acceptors (Lipinski definition) is 4. The van der Waals surface area contributed by atoms with E-state index in [1.54, 1.807) is 20.0 Å². The average Bonchev–Trinajstić information content (AvgIpc) is 3.07. The number of benzene rings is 1. The Morgan fingerprint density at radius 2 is 2.00 bits per heavy atom. The van der Waals surface area contributed by atoms with Crippen LogP contribution < -0.4 is 5.32 Å². The highest BCUT2D eigenvalue weighted by Crippen LogP contribution is 2.54. The number of Topliss-reactive ketones (excluding diaryl/α,β-unsaturated/α-hetero) is 1. The van der Waals surface area contributed by atoms with Crippen molar-refractivity contribution in [1.29, 1.82) is 0 Å². The van der Waals surface area contributed by atoms with Gasteiger partial charge in [0, 0.05) is 23.0 Å². The van der Waals surface area contributed by atoms with Crippen LogP contribution in [0, 0.1) is 5.41 Å². The van der Waals surface area contributed by atoms with Gasteiger partial charge in [-0.15, -0.1) is 0 Å². The van der Waals surface area contributed by atoms with Gasteiger partial charge in [0.2, 0.25) is 0 Å². The first kappa shape index (κ1) is 16.2. The second-order valence-electron chi connectivity index (χ2n) is 7.73. The lowest BCUT2D eigenvalue weighted by atomic mass is 9.58.